The maximum atomic E-state index is 6.14. The highest BCUT2D eigenvalue weighted by molar-refractivity contribution is 7.14. The van der Waals surface area contributed by atoms with E-state index in [1.54, 1.807) is 24.5 Å². The summed E-state index contributed by atoms with van der Waals surface area (Å²) in [5.74, 6) is 0.599. The molecule has 108 valence electrons. The number of thiazole rings is 1. The van der Waals surface area contributed by atoms with Gasteiger partial charge in [0.25, 0.3) is 0 Å². The van der Waals surface area contributed by atoms with Crippen molar-refractivity contribution in [3.63, 3.8) is 0 Å². The Morgan fingerprint density at radius 2 is 2.15 bits per heavy atom. The van der Waals surface area contributed by atoms with Crippen molar-refractivity contribution in [3.8, 4) is 17.0 Å². The summed E-state index contributed by atoms with van der Waals surface area (Å²) in [6, 6.07) is 3.48. The molecule has 0 amide bonds. The second-order valence-electron chi connectivity index (χ2n) is 4.29. The molecule has 1 aromatic heterocycles. The summed E-state index contributed by atoms with van der Waals surface area (Å²) in [6.07, 6.45) is 2.28. The lowest BCUT2D eigenvalue weighted by molar-refractivity contribution is 0.416. The van der Waals surface area contributed by atoms with E-state index in [-0.39, 0.29) is 0 Å². The number of anilines is 1. The number of hydrogen-bond donors (Lipinski definition) is 1. The predicted molar refractivity (Wildman–Crippen MR) is 87.5 cm³/mol. The van der Waals surface area contributed by atoms with Gasteiger partial charge in [-0.25, -0.2) is 4.98 Å². The van der Waals surface area contributed by atoms with Crippen molar-refractivity contribution in [2.24, 2.45) is 0 Å². The zero-order valence-corrected chi connectivity index (χ0v) is 13.7. The van der Waals surface area contributed by atoms with E-state index in [9.17, 15) is 0 Å². The number of methoxy groups -OCH3 is 1. The molecule has 0 radical (unpaired) electrons. The van der Waals surface area contributed by atoms with Crippen molar-refractivity contribution in [3.05, 3.63) is 27.6 Å². The minimum Gasteiger partial charge on any atom is -0.494 e. The van der Waals surface area contributed by atoms with Crippen LogP contribution in [0.15, 0.2) is 17.5 Å². The van der Waals surface area contributed by atoms with Crippen LogP contribution in [-0.4, -0.2) is 18.6 Å². The minimum atomic E-state index is 0.489. The van der Waals surface area contributed by atoms with E-state index in [0.717, 1.165) is 35.8 Å². The fourth-order valence-electron chi connectivity index (χ4n) is 1.81. The SMILES string of the molecule is CCCCNc1nc(-c2cc(Cl)cc(Cl)c2OC)cs1. The van der Waals surface area contributed by atoms with E-state index in [4.69, 9.17) is 27.9 Å². The van der Waals surface area contributed by atoms with Crippen molar-refractivity contribution in [1.29, 1.82) is 0 Å². The van der Waals surface area contributed by atoms with Crippen LogP contribution in [0.3, 0.4) is 0 Å². The van der Waals surface area contributed by atoms with Crippen molar-refractivity contribution >= 4 is 39.7 Å². The third-order valence-corrected chi connectivity index (χ3v) is 4.10. The van der Waals surface area contributed by atoms with Gasteiger partial charge in [-0.3, -0.25) is 0 Å². The molecule has 1 heterocycles. The Morgan fingerprint density at radius 1 is 1.35 bits per heavy atom. The van der Waals surface area contributed by atoms with E-state index in [1.807, 2.05) is 11.4 Å². The lowest BCUT2D eigenvalue weighted by atomic mass is 10.1. The first kappa shape index (κ1) is 15.4. The van der Waals surface area contributed by atoms with E-state index in [2.05, 4.69) is 17.2 Å². The first-order chi connectivity index (χ1) is 9.65. The molecule has 0 atom stereocenters. The number of unbranched alkanes of at least 4 members (excludes halogenated alkanes) is 1. The first-order valence-corrected chi connectivity index (χ1v) is 8.02. The normalized spacial score (nSPS) is 10.6. The molecule has 0 unspecified atom stereocenters. The van der Waals surface area contributed by atoms with Gasteiger partial charge in [0.1, 0.15) is 5.75 Å². The van der Waals surface area contributed by atoms with Gasteiger partial charge in [0.15, 0.2) is 5.13 Å². The molecule has 0 bridgehead atoms. The number of hydrogen-bond acceptors (Lipinski definition) is 4. The molecule has 0 saturated carbocycles. The molecule has 0 saturated heterocycles. The molecular weight excluding hydrogens is 315 g/mol. The highest BCUT2D eigenvalue weighted by Crippen LogP contribution is 2.39. The van der Waals surface area contributed by atoms with Crippen LogP contribution in [0.2, 0.25) is 10.0 Å². The van der Waals surface area contributed by atoms with Gasteiger partial charge >= 0.3 is 0 Å². The van der Waals surface area contributed by atoms with Gasteiger partial charge in [-0.2, -0.15) is 0 Å². The monoisotopic (exact) mass is 330 g/mol. The topological polar surface area (TPSA) is 34.2 Å². The molecule has 2 rings (SSSR count). The maximum absolute atomic E-state index is 6.14. The molecule has 0 aliphatic heterocycles. The summed E-state index contributed by atoms with van der Waals surface area (Å²) in [4.78, 5) is 4.55. The quantitative estimate of drug-likeness (QED) is 0.726. The molecule has 6 heteroatoms. The van der Waals surface area contributed by atoms with Crippen molar-refractivity contribution in [2.45, 2.75) is 19.8 Å². The number of nitrogens with zero attached hydrogens (tertiary/aromatic N) is 1. The highest BCUT2D eigenvalue weighted by atomic mass is 35.5. The molecule has 0 aliphatic carbocycles. The third-order valence-electron chi connectivity index (χ3n) is 2.80. The van der Waals surface area contributed by atoms with E-state index >= 15 is 0 Å². The number of rotatable bonds is 6. The number of aromatic nitrogens is 1. The lowest BCUT2D eigenvalue weighted by Gasteiger charge is -2.09. The smallest absolute Gasteiger partial charge is 0.183 e. The molecule has 1 aromatic carbocycles. The van der Waals surface area contributed by atoms with Gasteiger partial charge in [-0.15, -0.1) is 11.3 Å². The Bertz CT molecular complexity index is 587. The highest BCUT2D eigenvalue weighted by Gasteiger charge is 2.14. The zero-order chi connectivity index (χ0) is 14.5. The molecule has 0 fully saturated rings. The largest absolute Gasteiger partial charge is 0.494 e. The summed E-state index contributed by atoms with van der Waals surface area (Å²) < 4.78 is 5.35. The zero-order valence-electron chi connectivity index (χ0n) is 11.4. The number of nitrogens with one attached hydrogen (secondary N) is 1. The van der Waals surface area contributed by atoms with Crippen LogP contribution in [0.25, 0.3) is 11.3 Å². The summed E-state index contributed by atoms with van der Waals surface area (Å²) >= 11 is 13.8. The van der Waals surface area contributed by atoms with Crippen LogP contribution in [0.5, 0.6) is 5.75 Å². The van der Waals surface area contributed by atoms with Crippen molar-refractivity contribution < 1.29 is 4.74 Å². The van der Waals surface area contributed by atoms with Gasteiger partial charge in [0, 0.05) is 22.5 Å². The molecular formula is C14H16Cl2N2OS. The van der Waals surface area contributed by atoms with Crippen LogP contribution in [0.1, 0.15) is 19.8 Å². The average Bonchev–Trinajstić information content (AvgIpc) is 2.87. The first-order valence-electron chi connectivity index (χ1n) is 6.38. The van der Waals surface area contributed by atoms with Gasteiger partial charge in [-0.1, -0.05) is 36.5 Å². The molecule has 0 spiro atoms. The predicted octanol–water partition coefficient (Wildman–Crippen LogP) is 5.34. The lowest BCUT2D eigenvalue weighted by Crippen LogP contribution is -2.00. The molecule has 2 aromatic rings. The van der Waals surface area contributed by atoms with Crippen molar-refractivity contribution in [2.75, 3.05) is 19.0 Å². The Kier molecular flexibility index (Phi) is 5.52. The molecule has 20 heavy (non-hydrogen) atoms. The Labute approximate surface area is 132 Å². The van der Waals surface area contributed by atoms with Gasteiger partial charge < -0.3 is 10.1 Å². The number of ether oxygens (including phenoxy) is 1. The van der Waals surface area contributed by atoms with Crippen LogP contribution < -0.4 is 10.1 Å². The molecule has 0 aliphatic rings. The third kappa shape index (κ3) is 3.57. The number of benzene rings is 1. The summed E-state index contributed by atoms with van der Waals surface area (Å²) in [6.45, 7) is 3.09. The van der Waals surface area contributed by atoms with Crippen LogP contribution in [-0.2, 0) is 0 Å². The van der Waals surface area contributed by atoms with Crippen LogP contribution in [0.4, 0.5) is 5.13 Å². The fraction of sp³-hybridized carbons (Fsp3) is 0.357. The standard InChI is InChI=1S/C14H16Cl2N2OS/c1-3-4-5-17-14-18-12(8-20-14)10-6-9(15)7-11(16)13(10)19-2/h6-8H,3-5H2,1-2H3,(H,17,18). The van der Waals surface area contributed by atoms with E-state index < -0.39 is 0 Å². The van der Waals surface area contributed by atoms with E-state index in [1.165, 1.54) is 0 Å². The average molecular weight is 331 g/mol. The van der Waals surface area contributed by atoms with Crippen LogP contribution in [0, 0.1) is 0 Å². The van der Waals surface area contributed by atoms with Crippen molar-refractivity contribution in [1.82, 2.24) is 4.98 Å². The van der Waals surface area contributed by atoms with Crippen LogP contribution >= 0.6 is 34.5 Å². The maximum Gasteiger partial charge on any atom is 0.183 e. The van der Waals surface area contributed by atoms with Gasteiger partial charge in [-0.05, 0) is 18.6 Å². The second-order valence-corrected chi connectivity index (χ2v) is 5.99. The molecule has 3 nitrogen and oxygen atoms in total. The summed E-state index contributed by atoms with van der Waals surface area (Å²) in [7, 11) is 1.59. The Morgan fingerprint density at radius 3 is 2.85 bits per heavy atom. The van der Waals surface area contributed by atoms with Gasteiger partial charge in [0.05, 0.1) is 17.8 Å². The van der Waals surface area contributed by atoms with E-state index in [0.29, 0.717) is 15.8 Å². The minimum absolute atomic E-state index is 0.489. The Hall–Kier alpha value is -0.970. The second kappa shape index (κ2) is 7.16. The van der Waals surface area contributed by atoms with Gasteiger partial charge in [0.2, 0.25) is 0 Å². The number of halogens is 2. The molecule has 1 N–H and O–H groups in total. The fourth-order valence-corrected chi connectivity index (χ4v) is 3.12. The Balaban J connectivity index is 2.27. The summed E-state index contributed by atoms with van der Waals surface area (Å²) in [5, 5.41) is 7.23. The summed E-state index contributed by atoms with van der Waals surface area (Å²) in [5.41, 5.74) is 1.63.